The number of nitrogens with zero attached hydrogens (tertiary/aromatic N) is 4. The summed E-state index contributed by atoms with van der Waals surface area (Å²) in [7, 11) is 1.47. The average Bonchev–Trinajstić information content (AvgIpc) is 3.02. The second-order valence-electron chi connectivity index (χ2n) is 5.29. The number of nitrogen functional groups attached to an aromatic ring is 1. The van der Waals surface area contributed by atoms with E-state index in [2.05, 4.69) is 20.6 Å². The van der Waals surface area contributed by atoms with Gasteiger partial charge >= 0.3 is 6.18 Å². The summed E-state index contributed by atoms with van der Waals surface area (Å²) in [6, 6.07) is 8.66. The molecule has 3 aromatic rings. The molecular weight excluding hydrogens is 365 g/mol. The molecule has 0 aliphatic rings. The Morgan fingerprint density at radius 1 is 1.22 bits per heavy atom. The van der Waals surface area contributed by atoms with Gasteiger partial charge < -0.3 is 15.8 Å². The van der Waals surface area contributed by atoms with Crippen LogP contribution in [0.4, 0.5) is 24.8 Å². The van der Waals surface area contributed by atoms with Gasteiger partial charge in [-0.15, -0.1) is 5.10 Å². The molecule has 1 amide bonds. The van der Waals surface area contributed by atoms with Crippen LogP contribution in [-0.2, 0) is 6.18 Å². The molecule has 3 N–H and O–H groups in total. The molecule has 0 atom stereocenters. The lowest BCUT2D eigenvalue weighted by Crippen LogP contribution is -2.16. The van der Waals surface area contributed by atoms with Gasteiger partial charge in [0.05, 0.1) is 12.7 Å². The SMILES string of the molecule is COc1ccccc1-n1nnc(C(=O)Nc2ccc(C(F)(F)F)cn2)c1N. The quantitative estimate of drug-likeness (QED) is 0.722. The summed E-state index contributed by atoms with van der Waals surface area (Å²) < 4.78 is 44.1. The van der Waals surface area contributed by atoms with E-state index in [4.69, 9.17) is 10.5 Å². The van der Waals surface area contributed by atoms with E-state index in [1.54, 1.807) is 24.3 Å². The Morgan fingerprint density at radius 3 is 2.59 bits per heavy atom. The minimum Gasteiger partial charge on any atom is -0.494 e. The van der Waals surface area contributed by atoms with Gasteiger partial charge in [-0.2, -0.15) is 17.9 Å². The summed E-state index contributed by atoms with van der Waals surface area (Å²) in [5.74, 6) is -0.450. The van der Waals surface area contributed by atoms with Crippen molar-refractivity contribution in [2.75, 3.05) is 18.2 Å². The van der Waals surface area contributed by atoms with Crippen LogP contribution in [0.3, 0.4) is 0 Å². The number of nitrogens with one attached hydrogen (secondary N) is 1. The molecule has 140 valence electrons. The number of rotatable bonds is 4. The van der Waals surface area contributed by atoms with Gasteiger partial charge in [-0.3, -0.25) is 4.79 Å². The molecule has 0 aliphatic heterocycles. The van der Waals surface area contributed by atoms with Crippen LogP contribution >= 0.6 is 0 Å². The molecule has 11 heteroatoms. The van der Waals surface area contributed by atoms with Crippen LogP contribution in [0.25, 0.3) is 5.69 Å². The highest BCUT2D eigenvalue weighted by molar-refractivity contribution is 6.05. The molecule has 2 heterocycles. The van der Waals surface area contributed by atoms with Gasteiger partial charge in [0.15, 0.2) is 11.5 Å². The summed E-state index contributed by atoms with van der Waals surface area (Å²) in [5, 5.41) is 9.89. The van der Waals surface area contributed by atoms with Gasteiger partial charge in [-0.1, -0.05) is 17.3 Å². The number of aromatic nitrogens is 4. The van der Waals surface area contributed by atoms with E-state index in [-0.39, 0.29) is 17.3 Å². The Labute approximate surface area is 150 Å². The number of para-hydroxylation sites is 2. The number of carbonyl (C=O) groups excluding carboxylic acids is 1. The first-order valence-corrected chi connectivity index (χ1v) is 7.50. The molecule has 0 fully saturated rings. The first kappa shape index (κ1) is 18.2. The van der Waals surface area contributed by atoms with E-state index >= 15 is 0 Å². The fourth-order valence-electron chi connectivity index (χ4n) is 2.24. The Kier molecular flexibility index (Phi) is 4.67. The van der Waals surface area contributed by atoms with Crippen molar-refractivity contribution >= 4 is 17.5 Å². The zero-order valence-electron chi connectivity index (χ0n) is 13.9. The lowest BCUT2D eigenvalue weighted by Gasteiger charge is -2.09. The van der Waals surface area contributed by atoms with Crippen LogP contribution in [0, 0.1) is 0 Å². The van der Waals surface area contributed by atoms with Gasteiger partial charge in [0, 0.05) is 6.20 Å². The number of pyridine rings is 1. The van der Waals surface area contributed by atoms with Crippen LogP contribution in [0.2, 0.25) is 0 Å². The maximum absolute atomic E-state index is 12.6. The number of ether oxygens (including phenoxy) is 1. The van der Waals surface area contributed by atoms with Crippen molar-refractivity contribution in [3.8, 4) is 11.4 Å². The molecule has 0 unspecified atom stereocenters. The predicted molar refractivity (Wildman–Crippen MR) is 89.5 cm³/mol. The summed E-state index contributed by atoms with van der Waals surface area (Å²) in [6.45, 7) is 0. The van der Waals surface area contributed by atoms with Crippen molar-refractivity contribution in [1.82, 2.24) is 20.0 Å². The highest BCUT2D eigenvalue weighted by Crippen LogP contribution is 2.29. The molecule has 2 aromatic heterocycles. The van der Waals surface area contributed by atoms with Gasteiger partial charge in [-0.25, -0.2) is 4.98 Å². The second kappa shape index (κ2) is 6.94. The first-order valence-electron chi connectivity index (χ1n) is 7.50. The normalized spacial score (nSPS) is 11.3. The highest BCUT2D eigenvalue weighted by Gasteiger charge is 2.30. The molecule has 8 nitrogen and oxygen atoms in total. The third-order valence-electron chi connectivity index (χ3n) is 3.57. The van der Waals surface area contributed by atoms with E-state index in [1.807, 2.05) is 0 Å². The van der Waals surface area contributed by atoms with Crippen LogP contribution < -0.4 is 15.8 Å². The number of alkyl halides is 3. The van der Waals surface area contributed by atoms with Crippen molar-refractivity contribution in [3.63, 3.8) is 0 Å². The van der Waals surface area contributed by atoms with Crippen LogP contribution in [0.15, 0.2) is 42.6 Å². The molecular formula is C16H13F3N6O2. The van der Waals surface area contributed by atoms with Crippen molar-refractivity contribution in [3.05, 3.63) is 53.9 Å². The molecule has 0 radical (unpaired) electrons. The fourth-order valence-corrected chi connectivity index (χ4v) is 2.24. The monoisotopic (exact) mass is 378 g/mol. The maximum Gasteiger partial charge on any atom is 0.417 e. The van der Waals surface area contributed by atoms with E-state index in [9.17, 15) is 18.0 Å². The average molecular weight is 378 g/mol. The fraction of sp³-hybridized carbons (Fsp3) is 0.125. The molecule has 0 saturated carbocycles. The minimum atomic E-state index is -4.52. The van der Waals surface area contributed by atoms with Gasteiger partial charge in [0.2, 0.25) is 0 Å². The lowest BCUT2D eigenvalue weighted by atomic mass is 10.2. The molecule has 0 saturated heterocycles. The Bertz CT molecular complexity index is 969. The maximum atomic E-state index is 12.6. The number of carbonyl (C=O) groups is 1. The number of hydrogen-bond donors (Lipinski definition) is 2. The number of amides is 1. The van der Waals surface area contributed by atoms with E-state index in [0.717, 1.165) is 12.1 Å². The predicted octanol–water partition coefficient (Wildman–Crippen LogP) is 2.52. The van der Waals surface area contributed by atoms with E-state index in [1.165, 1.54) is 11.8 Å². The largest absolute Gasteiger partial charge is 0.494 e. The smallest absolute Gasteiger partial charge is 0.417 e. The summed E-state index contributed by atoms with van der Waals surface area (Å²) in [5.41, 5.74) is 5.28. The van der Waals surface area contributed by atoms with Crippen molar-refractivity contribution in [2.45, 2.75) is 6.18 Å². The van der Waals surface area contributed by atoms with Gasteiger partial charge in [0.1, 0.15) is 17.3 Å². The number of hydrogen-bond acceptors (Lipinski definition) is 6. The minimum absolute atomic E-state index is 0.0658. The van der Waals surface area contributed by atoms with Gasteiger partial charge in [-0.05, 0) is 24.3 Å². The topological polar surface area (TPSA) is 108 Å². The first-order chi connectivity index (χ1) is 12.8. The number of methoxy groups -OCH3 is 1. The molecule has 27 heavy (non-hydrogen) atoms. The van der Waals surface area contributed by atoms with Crippen LogP contribution in [-0.4, -0.2) is 33.0 Å². The Balaban J connectivity index is 1.83. The summed E-state index contributed by atoms with van der Waals surface area (Å²) >= 11 is 0. The van der Waals surface area contributed by atoms with Crippen LogP contribution in [0.5, 0.6) is 5.75 Å². The van der Waals surface area contributed by atoms with E-state index in [0.29, 0.717) is 17.6 Å². The molecule has 0 spiro atoms. The van der Waals surface area contributed by atoms with Crippen molar-refractivity contribution < 1.29 is 22.7 Å². The summed E-state index contributed by atoms with van der Waals surface area (Å²) in [4.78, 5) is 15.9. The zero-order valence-corrected chi connectivity index (χ0v) is 13.9. The highest BCUT2D eigenvalue weighted by atomic mass is 19.4. The third kappa shape index (κ3) is 3.66. The summed E-state index contributed by atoms with van der Waals surface area (Å²) in [6.07, 6.45) is -3.90. The van der Waals surface area contributed by atoms with Gasteiger partial charge in [0.25, 0.3) is 5.91 Å². The Hall–Kier alpha value is -3.63. The number of halogens is 3. The Morgan fingerprint density at radius 2 is 1.96 bits per heavy atom. The standard InChI is InChI=1S/C16H13F3N6O2/c1-27-11-5-3-2-4-10(11)25-14(20)13(23-24-25)15(26)22-12-7-6-9(8-21-12)16(17,18)19/h2-8H,20H2,1H3,(H,21,22,26). The molecule has 1 aromatic carbocycles. The third-order valence-corrected chi connectivity index (χ3v) is 3.57. The van der Waals surface area contributed by atoms with Crippen molar-refractivity contribution in [2.24, 2.45) is 0 Å². The zero-order chi connectivity index (χ0) is 19.6. The van der Waals surface area contributed by atoms with Crippen LogP contribution in [0.1, 0.15) is 16.1 Å². The number of benzene rings is 1. The van der Waals surface area contributed by atoms with E-state index < -0.39 is 17.6 Å². The molecule has 0 aliphatic carbocycles. The lowest BCUT2D eigenvalue weighted by molar-refractivity contribution is -0.137. The van der Waals surface area contributed by atoms with Crippen molar-refractivity contribution in [1.29, 1.82) is 0 Å². The molecule has 3 rings (SSSR count). The number of anilines is 2. The second-order valence-corrected chi connectivity index (χ2v) is 5.29. The molecule has 0 bridgehead atoms. The number of nitrogens with two attached hydrogens (primary N) is 1.